The topological polar surface area (TPSA) is 49.8 Å². The van der Waals surface area contributed by atoms with Gasteiger partial charge in [0.2, 0.25) is 0 Å². The standard InChI is InChI=1S/C17H22ClNO4/c18-15-9-14(22-10-12-1-5-20-6-2-12)13-3-7-23-17(16(13)19-15)4-8-21-11-17/h9,12H,1-8,10-11H2. The average Bonchev–Trinajstić information content (AvgIpc) is 3.04. The normalized spacial score (nSPS) is 28.0. The Hall–Kier alpha value is -0.880. The molecule has 4 rings (SSSR count). The highest BCUT2D eigenvalue weighted by Crippen LogP contribution is 2.42. The minimum atomic E-state index is -0.435. The van der Waals surface area contributed by atoms with E-state index in [2.05, 4.69) is 4.98 Å². The molecule has 0 saturated carbocycles. The maximum absolute atomic E-state index is 6.26. The van der Waals surface area contributed by atoms with Crippen LogP contribution < -0.4 is 4.74 Å². The molecule has 3 aliphatic rings. The van der Waals surface area contributed by atoms with Crippen molar-refractivity contribution in [2.75, 3.05) is 39.6 Å². The molecule has 0 N–H and O–H groups in total. The molecule has 1 unspecified atom stereocenters. The Bertz CT molecular complexity index is 568. The second-order valence-electron chi connectivity index (χ2n) is 6.53. The molecular formula is C17H22ClNO4. The molecule has 0 bridgehead atoms. The largest absolute Gasteiger partial charge is 0.493 e. The minimum Gasteiger partial charge on any atom is -0.493 e. The lowest BCUT2D eigenvalue weighted by molar-refractivity contribution is -0.0670. The molecule has 5 nitrogen and oxygen atoms in total. The fourth-order valence-corrected chi connectivity index (χ4v) is 3.83. The summed E-state index contributed by atoms with van der Waals surface area (Å²) in [6.07, 6.45) is 3.75. The van der Waals surface area contributed by atoms with Crippen LogP contribution in [0.3, 0.4) is 0 Å². The van der Waals surface area contributed by atoms with E-state index in [4.69, 9.17) is 30.5 Å². The van der Waals surface area contributed by atoms with Gasteiger partial charge in [-0.3, -0.25) is 0 Å². The zero-order valence-electron chi connectivity index (χ0n) is 13.2. The minimum absolute atomic E-state index is 0.435. The molecule has 6 heteroatoms. The van der Waals surface area contributed by atoms with E-state index in [1.165, 1.54) is 0 Å². The van der Waals surface area contributed by atoms with Gasteiger partial charge in [-0.05, 0) is 18.8 Å². The van der Waals surface area contributed by atoms with Crippen molar-refractivity contribution in [2.24, 2.45) is 5.92 Å². The molecule has 0 aromatic carbocycles. The average molecular weight is 340 g/mol. The van der Waals surface area contributed by atoms with Crippen molar-refractivity contribution in [3.8, 4) is 5.75 Å². The SMILES string of the molecule is Clc1cc(OCC2CCOCC2)c2c(n1)C1(CCOC1)OCC2. The van der Waals surface area contributed by atoms with Crippen LogP contribution in [0.25, 0.3) is 0 Å². The van der Waals surface area contributed by atoms with Crippen molar-refractivity contribution >= 4 is 11.6 Å². The highest BCUT2D eigenvalue weighted by Gasteiger charge is 2.44. The van der Waals surface area contributed by atoms with Crippen molar-refractivity contribution in [3.05, 3.63) is 22.5 Å². The number of pyridine rings is 1. The second-order valence-corrected chi connectivity index (χ2v) is 6.92. The first kappa shape index (κ1) is 15.6. The maximum atomic E-state index is 6.26. The predicted molar refractivity (Wildman–Crippen MR) is 85.1 cm³/mol. The van der Waals surface area contributed by atoms with Crippen molar-refractivity contribution < 1.29 is 18.9 Å². The molecule has 0 aliphatic carbocycles. The van der Waals surface area contributed by atoms with E-state index in [0.29, 0.717) is 37.5 Å². The Balaban J connectivity index is 1.58. The Morgan fingerprint density at radius 1 is 1.22 bits per heavy atom. The van der Waals surface area contributed by atoms with Gasteiger partial charge in [-0.15, -0.1) is 0 Å². The number of rotatable bonds is 3. The summed E-state index contributed by atoms with van der Waals surface area (Å²) in [5.41, 5.74) is 1.61. The van der Waals surface area contributed by atoms with Crippen molar-refractivity contribution in [1.29, 1.82) is 0 Å². The zero-order valence-corrected chi connectivity index (χ0v) is 13.9. The molecule has 2 saturated heterocycles. The monoisotopic (exact) mass is 339 g/mol. The molecule has 4 heterocycles. The quantitative estimate of drug-likeness (QED) is 0.792. The second kappa shape index (κ2) is 6.55. The van der Waals surface area contributed by atoms with E-state index < -0.39 is 5.60 Å². The molecule has 0 radical (unpaired) electrons. The summed E-state index contributed by atoms with van der Waals surface area (Å²) in [4.78, 5) is 4.56. The van der Waals surface area contributed by atoms with Crippen LogP contribution in [0.15, 0.2) is 6.07 Å². The molecule has 1 spiro atoms. The summed E-state index contributed by atoms with van der Waals surface area (Å²) in [5.74, 6) is 1.41. The lowest BCUT2D eigenvalue weighted by Crippen LogP contribution is -2.37. The summed E-state index contributed by atoms with van der Waals surface area (Å²) in [6, 6.07) is 1.84. The molecule has 2 fully saturated rings. The van der Waals surface area contributed by atoms with Crippen LogP contribution >= 0.6 is 11.6 Å². The summed E-state index contributed by atoms with van der Waals surface area (Å²) < 4.78 is 23.2. The van der Waals surface area contributed by atoms with Gasteiger partial charge in [0.25, 0.3) is 0 Å². The number of halogens is 1. The van der Waals surface area contributed by atoms with Crippen LogP contribution in [0, 0.1) is 5.92 Å². The van der Waals surface area contributed by atoms with Gasteiger partial charge < -0.3 is 18.9 Å². The van der Waals surface area contributed by atoms with Crippen LogP contribution in [0.2, 0.25) is 5.15 Å². The highest BCUT2D eigenvalue weighted by atomic mass is 35.5. The van der Waals surface area contributed by atoms with Crippen LogP contribution in [-0.2, 0) is 26.2 Å². The number of aromatic nitrogens is 1. The van der Waals surface area contributed by atoms with Gasteiger partial charge in [-0.2, -0.15) is 0 Å². The first-order valence-corrected chi connectivity index (χ1v) is 8.77. The third-order valence-electron chi connectivity index (χ3n) is 5.01. The van der Waals surface area contributed by atoms with Crippen LogP contribution in [0.4, 0.5) is 0 Å². The van der Waals surface area contributed by atoms with E-state index in [-0.39, 0.29) is 0 Å². The van der Waals surface area contributed by atoms with Gasteiger partial charge in [-0.1, -0.05) is 11.6 Å². The molecule has 3 aliphatic heterocycles. The smallest absolute Gasteiger partial charge is 0.136 e. The first-order valence-electron chi connectivity index (χ1n) is 8.39. The molecule has 1 aromatic heterocycles. The molecule has 126 valence electrons. The fraction of sp³-hybridized carbons (Fsp3) is 0.706. The van der Waals surface area contributed by atoms with Crippen molar-refractivity contribution in [2.45, 2.75) is 31.3 Å². The Labute approximate surface area is 141 Å². The van der Waals surface area contributed by atoms with E-state index in [9.17, 15) is 0 Å². The number of fused-ring (bicyclic) bond motifs is 2. The first-order chi connectivity index (χ1) is 11.3. The van der Waals surface area contributed by atoms with Gasteiger partial charge in [0.15, 0.2) is 0 Å². The molecular weight excluding hydrogens is 318 g/mol. The lowest BCUT2D eigenvalue weighted by Gasteiger charge is -2.34. The van der Waals surface area contributed by atoms with Gasteiger partial charge in [0.05, 0.1) is 25.5 Å². The third-order valence-corrected chi connectivity index (χ3v) is 5.21. The van der Waals surface area contributed by atoms with E-state index in [1.807, 2.05) is 6.07 Å². The fourth-order valence-electron chi connectivity index (χ4n) is 3.65. The third kappa shape index (κ3) is 3.07. The van der Waals surface area contributed by atoms with Crippen molar-refractivity contribution in [1.82, 2.24) is 4.98 Å². The van der Waals surface area contributed by atoms with Gasteiger partial charge >= 0.3 is 0 Å². The molecule has 1 aromatic rings. The van der Waals surface area contributed by atoms with E-state index >= 15 is 0 Å². The summed E-state index contributed by atoms with van der Waals surface area (Å²) in [7, 11) is 0. The summed E-state index contributed by atoms with van der Waals surface area (Å²) >= 11 is 6.26. The lowest BCUT2D eigenvalue weighted by atomic mass is 9.90. The van der Waals surface area contributed by atoms with Gasteiger partial charge in [0.1, 0.15) is 16.5 Å². The summed E-state index contributed by atoms with van der Waals surface area (Å²) in [6.45, 7) is 4.29. The van der Waals surface area contributed by atoms with Gasteiger partial charge in [-0.25, -0.2) is 4.98 Å². The Morgan fingerprint density at radius 2 is 2.09 bits per heavy atom. The number of nitrogens with zero attached hydrogens (tertiary/aromatic N) is 1. The summed E-state index contributed by atoms with van der Waals surface area (Å²) in [5, 5.41) is 0.461. The molecule has 23 heavy (non-hydrogen) atoms. The molecule has 1 atom stereocenters. The maximum Gasteiger partial charge on any atom is 0.136 e. The predicted octanol–water partition coefficient (Wildman–Crippen LogP) is 2.73. The van der Waals surface area contributed by atoms with E-state index in [1.54, 1.807) is 0 Å². The Kier molecular flexibility index (Phi) is 4.46. The Morgan fingerprint density at radius 3 is 2.87 bits per heavy atom. The number of hydrogen-bond acceptors (Lipinski definition) is 5. The van der Waals surface area contributed by atoms with Crippen LogP contribution in [-0.4, -0.2) is 44.6 Å². The van der Waals surface area contributed by atoms with E-state index in [0.717, 1.165) is 55.9 Å². The molecule has 0 amide bonds. The van der Waals surface area contributed by atoms with Crippen LogP contribution in [0.5, 0.6) is 5.75 Å². The number of ether oxygens (including phenoxy) is 4. The van der Waals surface area contributed by atoms with Crippen molar-refractivity contribution in [3.63, 3.8) is 0 Å². The zero-order chi connectivity index (χ0) is 15.7. The number of hydrogen-bond donors (Lipinski definition) is 0. The van der Waals surface area contributed by atoms with Crippen LogP contribution in [0.1, 0.15) is 30.5 Å². The highest BCUT2D eigenvalue weighted by molar-refractivity contribution is 6.29. The van der Waals surface area contributed by atoms with Gasteiger partial charge in [0, 0.05) is 44.3 Å².